The van der Waals surface area contributed by atoms with E-state index in [9.17, 15) is 8.78 Å². The van der Waals surface area contributed by atoms with Gasteiger partial charge in [-0.05, 0) is 18.2 Å². The van der Waals surface area contributed by atoms with Gasteiger partial charge in [-0.15, -0.1) is 0 Å². The number of nitrogens with zero attached hydrogens (tertiary/aromatic N) is 1. The molecule has 2 rings (SSSR count). The number of hydrogen-bond acceptors (Lipinski definition) is 3. The molecule has 0 spiro atoms. The van der Waals surface area contributed by atoms with Crippen LogP contribution in [0, 0.1) is 17.0 Å². The number of benzene rings is 1. The summed E-state index contributed by atoms with van der Waals surface area (Å²) in [5, 5.41) is 7.25. The highest BCUT2D eigenvalue weighted by molar-refractivity contribution is 5.95. The summed E-state index contributed by atoms with van der Waals surface area (Å²) < 4.78 is 31.4. The Morgan fingerprint density at radius 1 is 1.22 bits per heavy atom. The van der Waals surface area contributed by atoms with Crippen LogP contribution in [0.5, 0.6) is 11.6 Å². The van der Waals surface area contributed by atoms with E-state index in [2.05, 4.69) is 4.98 Å². The van der Waals surface area contributed by atoms with Gasteiger partial charge in [-0.3, -0.25) is 5.41 Å². The minimum atomic E-state index is -0.702. The summed E-state index contributed by atoms with van der Waals surface area (Å²) in [6, 6.07) is 5.74. The highest BCUT2D eigenvalue weighted by atomic mass is 19.1. The lowest BCUT2D eigenvalue weighted by Gasteiger charge is -2.06. The van der Waals surface area contributed by atoms with Gasteiger partial charge in [0.25, 0.3) is 0 Å². The van der Waals surface area contributed by atoms with Crippen LogP contribution in [0.25, 0.3) is 0 Å². The molecule has 3 N–H and O–H groups in total. The van der Waals surface area contributed by atoms with Crippen LogP contribution in [-0.4, -0.2) is 10.8 Å². The van der Waals surface area contributed by atoms with E-state index in [1.165, 1.54) is 18.3 Å². The zero-order valence-electron chi connectivity index (χ0n) is 9.15. The Balaban J connectivity index is 2.31. The van der Waals surface area contributed by atoms with E-state index >= 15 is 0 Å². The van der Waals surface area contributed by atoms with Gasteiger partial charge < -0.3 is 10.5 Å². The average Bonchev–Trinajstić information content (AvgIpc) is 2.34. The van der Waals surface area contributed by atoms with Gasteiger partial charge in [0.15, 0.2) is 11.6 Å². The predicted molar refractivity (Wildman–Crippen MR) is 61.7 cm³/mol. The number of nitrogens with one attached hydrogen (secondary N) is 1. The van der Waals surface area contributed by atoms with E-state index in [1.54, 1.807) is 0 Å². The Bertz CT molecular complexity index is 602. The van der Waals surface area contributed by atoms with Crippen molar-refractivity contribution in [3.63, 3.8) is 0 Å². The monoisotopic (exact) mass is 249 g/mol. The molecule has 2 aromatic rings. The van der Waals surface area contributed by atoms with Crippen molar-refractivity contribution in [1.29, 1.82) is 5.41 Å². The Kier molecular flexibility index (Phi) is 3.18. The van der Waals surface area contributed by atoms with E-state index in [0.717, 1.165) is 18.2 Å². The Morgan fingerprint density at radius 2 is 2.00 bits per heavy atom. The second kappa shape index (κ2) is 4.79. The lowest BCUT2D eigenvalue weighted by molar-refractivity contribution is 0.422. The first-order valence-corrected chi connectivity index (χ1v) is 4.99. The molecule has 0 saturated heterocycles. The first kappa shape index (κ1) is 12.0. The van der Waals surface area contributed by atoms with E-state index < -0.39 is 11.6 Å². The van der Waals surface area contributed by atoms with E-state index in [0.29, 0.717) is 5.56 Å². The lowest BCUT2D eigenvalue weighted by atomic mass is 10.2. The normalized spacial score (nSPS) is 10.1. The second-order valence-corrected chi connectivity index (χ2v) is 3.47. The molecule has 0 saturated carbocycles. The van der Waals surface area contributed by atoms with Crippen LogP contribution < -0.4 is 10.5 Å². The van der Waals surface area contributed by atoms with Crippen LogP contribution in [0.3, 0.4) is 0 Å². The van der Waals surface area contributed by atoms with Gasteiger partial charge in [-0.2, -0.15) is 0 Å². The maximum atomic E-state index is 13.3. The van der Waals surface area contributed by atoms with Gasteiger partial charge in [0.1, 0.15) is 11.7 Å². The van der Waals surface area contributed by atoms with Crippen molar-refractivity contribution in [2.75, 3.05) is 0 Å². The summed E-state index contributed by atoms with van der Waals surface area (Å²) in [6.07, 6.45) is 1.36. The van der Waals surface area contributed by atoms with Crippen LogP contribution in [0.1, 0.15) is 5.56 Å². The molecular weight excluding hydrogens is 240 g/mol. The zero-order valence-corrected chi connectivity index (χ0v) is 9.15. The Hall–Kier alpha value is -2.50. The van der Waals surface area contributed by atoms with Crippen LogP contribution >= 0.6 is 0 Å². The molecule has 0 amide bonds. The van der Waals surface area contributed by atoms with Crippen molar-refractivity contribution in [2.24, 2.45) is 5.73 Å². The quantitative estimate of drug-likeness (QED) is 0.648. The fourth-order valence-corrected chi connectivity index (χ4v) is 1.30. The third kappa shape index (κ3) is 2.60. The van der Waals surface area contributed by atoms with Crippen molar-refractivity contribution in [2.45, 2.75) is 0 Å². The summed E-state index contributed by atoms with van der Waals surface area (Å²) in [6.45, 7) is 0. The van der Waals surface area contributed by atoms with Crippen molar-refractivity contribution in [3.8, 4) is 11.6 Å². The molecule has 1 aromatic heterocycles. The number of pyridine rings is 1. The molecule has 0 bridgehead atoms. The highest BCUT2D eigenvalue weighted by Gasteiger charge is 2.08. The lowest BCUT2D eigenvalue weighted by Crippen LogP contribution is -2.11. The SMILES string of the molecule is N=C(N)c1ccnc(Oc2cc(F)ccc2F)c1. The topological polar surface area (TPSA) is 72.0 Å². The smallest absolute Gasteiger partial charge is 0.220 e. The minimum absolute atomic E-state index is 0.0344. The average molecular weight is 249 g/mol. The summed E-state index contributed by atoms with van der Waals surface area (Å²) in [5.41, 5.74) is 5.68. The summed E-state index contributed by atoms with van der Waals surface area (Å²) in [4.78, 5) is 3.82. The molecule has 0 aliphatic carbocycles. The van der Waals surface area contributed by atoms with Gasteiger partial charge >= 0.3 is 0 Å². The summed E-state index contributed by atoms with van der Waals surface area (Å²) in [5.74, 6) is -1.72. The van der Waals surface area contributed by atoms with E-state index in [4.69, 9.17) is 15.9 Å². The number of nitrogen functional groups attached to an aromatic ring is 1. The van der Waals surface area contributed by atoms with Crippen LogP contribution in [-0.2, 0) is 0 Å². The van der Waals surface area contributed by atoms with Crippen molar-refractivity contribution in [3.05, 3.63) is 53.7 Å². The van der Waals surface area contributed by atoms with Crippen LogP contribution in [0.4, 0.5) is 8.78 Å². The first-order valence-electron chi connectivity index (χ1n) is 4.99. The van der Waals surface area contributed by atoms with Crippen molar-refractivity contribution < 1.29 is 13.5 Å². The van der Waals surface area contributed by atoms with Gasteiger partial charge in [0, 0.05) is 23.9 Å². The van der Waals surface area contributed by atoms with Crippen molar-refractivity contribution >= 4 is 5.84 Å². The van der Waals surface area contributed by atoms with Gasteiger partial charge in [-0.25, -0.2) is 13.8 Å². The number of rotatable bonds is 3. The molecule has 0 atom stereocenters. The van der Waals surface area contributed by atoms with Gasteiger partial charge in [-0.1, -0.05) is 0 Å². The van der Waals surface area contributed by atoms with Crippen molar-refractivity contribution in [1.82, 2.24) is 4.98 Å². The Morgan fingerprint density at radius 3 is 2.72 bits per heavy atom. The number of ether oxygens (including phenoxy) is 1. The molecule has 18 heavy (non-hydrogen) atoms. The number of nitrogens with two attached hydrogens (primary N) is 1. The minimum Gasteiger partial charge on any atom is -0.436 e. The summed E-state index contributed by atoms with van der Waals surface area (Å²) >= 11 is 0. The van der Waals surface area contributed by atoms with Crippen LogP contribution in [0.2, 0.25) is 0 Å². The molecule has 92 valence electrons. The molecule has 0 fully saturated rings. The number of aromatic nitrogens is 1. The molecule has 0 aliphatic heterocycles. The molecule has 0 unspecified atom stereocenters. The fourth-order valence-electron chi connectivity index (χ4n) is 1.30. The largest absolute Gasteiger partial charge is 0.436 e. The molecule has 4 nitrogen and oxygen atoms in total. The molecule has 1 aromatic carbocycles. The molecule has 0 radical (unpaired) electrons. The van der Waals surface area contributed by atoms with Crippen LogP contribution in [0.15, 0.2) is 36.5 Å². The van der Waals surface area contributed by atoms with E-state index in [1.807, 2.05) is 0 Å². The maximum absolute atomic E-state index is 13.3. The molecule has 6 heteroatoms. The Labute approximate surface area is 102 Å². The van der Waals surface area contributed by atoms with Gasteiger partial charge in [0.05, 0.1) is 0 Å². The third-order valence-electron chi connectivity index (χ3n) is 2.15. The zero-order chi connectivity index (χ0) is 13.1. The van der Waals surface area contributed by atoms with Gasteiger partial charge in [0.2, 0.25) is 5.88 Å². The third-order valence-corrected chi connectivity index (χ3v) is 2.15. The number of amidine groups is 1. The molecule has 0 aliphatic rings. The highest BCUT2D eigenvalue weighted by Crippen LogP contribution is 2.24. The fraction of sp³-hybridized carbons (Fsp3) is 0. The molecular formula is C12H9F2N3O. The first-order chi connectivity index (χ1) is 8.56. The number of hydrogen-bond donors (Lipinski definition) is 2. The van der Waals surface area contributed by atoms with E-state index in [-0.39, 0.29) is 17.5 Å². The second-order valence-electron chi connectivity index (χ2n) is 3.47. The number of halogens is 2. The molecule has 1 heterocycles. The predicted octanol–water partition coefficient (Wildman–Crippen LogP) is 2.44. The standard InChI is InChI=1S/C12H9F2N3O/c13-8-1-2-9(14)10(6-8)18-11-5-7(12(15)16)3-4-17-11/h1-6H,(H3,15,16). The summed E-state index contributed by atoms with van der Waals surface area (Å²) in [7, 11) is 0. The maximum Gasteiger partial charge on any atom is 0.220 e.